The van der Waals surface area contributed by atoms with Gasteiger partial charge in [-0.15, -0.1) is 0 Å². The molecule has 0 radical (unpaired) electrons. The van der Waals surface area contributed by atoms with Crippen molar-refractivity contribution in [2.45, 2.75) is 11.3 Å². The highest BCUT2D eigenvalue weighted by Gasteiger charge is 2.18. The van der Waals surface area contributed by atoms with Crippen LogP contribution in [-0.2, 0) is 10.0 Å². The van der Waals surface area contributed by atoms with Crippen molar-refractivity contribution in [2.24, 2.45) is 10.9 Å². The van der Waals surface area contributed by atoms with Crippen molar-refractivity contribution in [1.82, 2.24) is 4.72 Å². The molecule has 0 spiro atoms. The largest absolute Gasteiger partial charge is 0.409 e. The van der Waals surface area contributed by atoms with E-state index in [1.54, 1.807) is 0 Å². The van der Waals surface area contributed by atoms with Crippen LogP contribution in [0.4, 0.5) is 4.39 Å². The number of nitrogens with one attached hydrogen (secondary N) is 1. The van der Waals surface area contributed by atoms with Gasteiger partial charge in [-0.05, 0) is 18.2 Å². The first kappa shape index (κ1) is 14.7. The Balaban J connectivity index is 2.84. The summed E-state index contributed by atoms with van der Waals surface area (Å²) in [4.78, 5) is -0.358. The summed E-state index contributed by atoms with van der Waals surface area (Å²) in [6.45, 7) is -0.0922. The molecule has 0 amide bonds. The van der Waals surface area contributed by atoms with Crippen molar-refractivity contribution in [3.8, 4) is 0 Å². The molecule has 4 N–H and O–H groups in total. The number of rotatable bonds is 5. The molecule has 0 aliphatic rings. The third-order valence-corrected chi connectivity index (χ3v) is 3.93. The van der Waals surface area contributed by atoms with Gasteiger partial charge in [0.25, 0.3) is 0 Å². The van der Waals surface area contributed by atoms with E-state index in [9.17, 15) is 12.8 Å². The molecule has 0 atom stereocenters. The van der Waals surface area contributed by atoms with Gasteiger partial charge < -0.3 is 10.9 Å². The highest BCUT2D eigenvalue weighted by Crippen LogP contribution is 2.21. The predicted octanol–water partition coefficient (Wildman–Crippen LogP) is 0.894. The van der Waals surface area contributed by atoms with E-state index in [4.69, 9.17) is 22.5 Å². The van der Waals surface area contributed by atoms with Crippen LogP contribution < -0.4 is 10.5 Å². The Morgan fingerprint density at radius 1 is 1.56 bits per heavy atom. The maximum atomic E-state index is 13.0. The Morgan fingerprint density at radius 2 is 2.22 bits per heavy atom. The second-order valence-electron chi connectivity index (χ2n) is 3.31. The van der Waals surface area contributed by atoms with Gasteiger partial charge in [-0.25, -0.2) is 17.5 Å². The zero-order valence-electron chi connectivity index (χ0n) is 9.10. The molecule has 0 aliphatic carbocycles. The van der Waals surface area contributed by atoms with Crippen LogP contribution in [-0.4, -0.2) is 26.0 Å². The minimum absolute atomic E-state index is 0.0165. The van der Waals surface area contributed by atoms with Crippen LogP contribution >= 0.6 is 11.6 Å². The Bertz CT molecular complexity index is 562. The average Bonchev–Trinajstić information content (AvgIpc) is 2.31. The molecule has 100 valence electrons. The molecule has 0 saturated heterocycles. The van der Waals surface area contributed by atoms with Crippen molar-refractivity contribution in [3.63, 3.8) is 0 Å². The van der Waals surface area contributed by atoms with Crippen LogP contribution in [0.25, 0.3) is 0 Å². The van der Waals surface area contributed by atoms with Crippen molar-refractivity contribution < 1.29 is 18.0 Å². The lowest BCUT2D eigenvalue weighted by Gasteiger charge is -2.07. The van der Waals surface area contributed by atoms with Crippen molar-refractivity contribution in [3.05, 3.63) is 29.0 Å². The summed E-state index contributed by atoms with van der Waals surface area (Å²) < 4.78 is 38.7. The summed E-state index contributed by atoms with van der Waals surface area (Å²) in [7, 11) is -3.93. The standard InChI is InChI=1S/C9H11ClFN3O3S/c10-7-2-1-6(11)5-8(7)18(16,17)13-4-3-9(12)14-15/h1-2,5,13,15H,3-4H2,(H2,12,14). The third kappa shape index (κ3) is 3.83. The van der Waals surface area contributed by atoms with E-state index in [1.807, 2.05) is 0 Å². The molecule has 1 aromatic rings. The molecule has 0 heterocycles. The number of nitrogens with zero attached hydrogens (tertiary/aromatic N) is 1. The van der Waals surface area contributed by atoms with Gasteiger partial charge in [0.1, 0.15) is 16.5 Å². The second kappa shape index (κ2) is 5.98. The summed E-state index contributed by atoms with van der Waals surface area (Å²) in [5.74, 6) is -0.834. The molecule has 0 saturated carbocycles. The Morgan fingerprint density at radius 3 is 2.83 bits per heavy atom. The summed E-state index contributed by atoms with van der Waals surface area (Å²) in [5.41, 5.74) is 5.17. The van der Waals surface area contributed by atoms with Crippen molar-refractivity contribution >= 4 is 27.5 Å². The van der Waals surface area contributed by atoms with E-state index >= 15 is 0 Å². The SMILES string of the molecule is N/C(CCNS(=O)(=O)c1cc(F)ccc1Cl)=N/O. The smallest absolute Gasteiger partial charge is 0.242 e. The van der Waals surface area contributed by atoms with E-state index < -0.39 is 15.8 Å². The number of amidine groups is 1. The lowest BCUT2D eigenvalue weighted by Crippen LogP contribution is -2.28. The first-order valence-electron chi connectivity index (χ1n) is 4.78. The molecular formula is C9H11ClFN3O3S. The van der Waals surface area contributed by atoms with Gasteiger partial charge in [-0.2, -0.15) is 0 Å². The first-order valence-corrected chi connectivity index (χ1v) is 6.64. The molecule has 0 fully saturated rings. The van der Waals surface area contributed by atoms with Gasteiger partial charge in [0, 0.05) is 13.0 Å². The number of nitrogens with two attached hydrogens (primary N) is 1. The molecule has 0 aliphatic heterocycles. The van der Waals surface area contributed by atoms with Gasteiger partial charge in [0.05, 0.1) is 5.02 Å². The number of halogens is 2. The molecule has 0 aromatic heterocycles. The zero-order valence-corrected chi connectivity index (χ0v) is 10.7. The fourth-order valence-electron chi connectivity index (χ4n) is 1.12. The molecule has 1 rings (SSSR count). The number of hydrogen-bond acceptors (Lipinski definition) is 4. The predicted molar refractivity (Wildman–Crippen MR) is 64.6 cm³/mol. The van der Waals surface area contributed by atoms with Crippen LogP contribution in [0.2, 0.25) is 5.02 Å². The van der Waals surface area contributed by atoms with E-state index in [0.29, 0.717) is 0 Å². The fraction of sp³-hybridized carbons (Fsp3) is 0.222. The van der Waals surface area contributed by atoms with Gasteiger partial charge in [-0.1, -0.05) is 16.8 Å². The van der Waals surface area contributed by atoms with Gasteiger partial charge in [0.2, 0.25) is 10.0 Å². The zero-order chi connectivity index (χ0) is 13.8. The van der Waals surface area contributed by atoms with E-state index in [2.05, 4.69) is 9.88 Å². The summed E-state index contributed by atoms with van der Waals surface area (Å²) in [6, 6.07) is 3.01. The second-order valence-corrected chi connectivity index (χ2v) is 5.46. The minimum Gasteiger partial charge on any atom is -0.409 e. The van der Waals surface area contributed by atoms with E-state index in [-0.39, 0.29) is 28.7 Å². The molecule has 9 heteroatoms. The molecular weight excluding hydrogens is 285 g/mol. The summed E-state index contributed by atoms with van der Waals surface area (Å²) in [6.07, 6.45) is 0.0165. The van der Waals surface area contributed by atoms with Crippen molar-refractivity contribution in [1.29, 1.82) is 0 Å². The van der Waals surface area contributed by atoms with Crippen LogP contribution in [0.3, 0.4) is 0 Å². The maximum Gasteiger partial charge on any atom is 0.242 e. The number of oxime groups is 1. The highest BCUT2D eigenvalue weighted by molar-refractivity contribution is 7.89. The fourth-order valence-corrected chi connectivity index (χ4v) is 2.67. The lowest BCUT2D eigenvalue weighted by atomic mass is 10.3. The minimum atomic E-state index is -3.93. The number of hydrogen-bond donors (Lipinski definition) is 3. The molecule has 18 heavy (non-hydrogen) atoms. The lowest BCUT2D eigenvalue weighted by molar-refractivity contribution is 0.317. The quantitative estimate of drug-likeness (QED) is 0.325. The average molecular weight is 296 g/mol. The Labute approximate surface area is 108 Å². The van der Waals surface area contributed by atoms with E-state index in [0.717, 1.165) is 18.2 Å². The topological polar surface area (TPSA) is 105 Å². The van der Waals surface area contributed by atoms with Crippen LogP contribution in [0.5, 0.6) is 0 Å². The maximum absolute atomic E-state index is 13.0. The van der Waals surface area contributed by atoms with Crippen LogP contribution in [0.1, 0.15) is 6.42 Å². The monoisotopic (exact) mass is 295 g/mol. The van der Waals surface area contributed by atoms with Crippen LogP contribution in [0.15, 0.2) is 28.3 Å². The normalized spacial score (nSPS) is 12.7. The van der Waals surface area contributed by atoms with E-state index in [1.165, 1.54) is 0 Å². The Kier molecular flexibility index (Phi) is 4.88. The third-order valence-electron chi connectivity index (χ3n) is 1.98. The molecule has 0 bridgehead atoms. The van der Waals surface area contributed by atoms with Crippen molar-refractivity contribution in [2.75, 3.05) is 6.54 Å². The summed E-state index contributed by atoms with van der Waals surface area (Å²) in [5, 5.41) is 10.9. The molecule has 0 unspecified atom stereocenters. The highest BCUT2D eigenvalue weighted by atomic mass is 35.5. The van der Waals surface area contributed by atoms with Crippen LogP contribution in [0, 0.1) is 5.82 Å². The molecule has 6 nitrogen and oxygen atoms in total. The van der Waals surface area contributed by atoms with Gasteiger partial charge in [0.15, 0.2) is 0 Å². The summed E-state index contributed by atoms with van der Waals surface area (Å²) >= 11 is 5.68. The van der Waals surface area contributed by atoms with Gasteiger partial charge >= 0.3 is 0 Å². The number of benzene rings is 1. The number of sulfonamides is 1. The first-order chi connectivity index (χ1) is 8.36. The Hall–Kier alpha value is -1.38. The van der Waals surface area contributed by atoms with Gasteiger partial charge in [-0.3, -0.25) is 0 Å². The molecule has 1 aromatic carbocycles.